The number of aromatic amines is 1. The van der Waals surface area contributed by atoms with Crippen LogP contribution in [-0.4, -0.2) is 41.8 Å². The van der Waals surface area contributed by atoms with Crippen LogP contribution in [0.25, 0.3) is 5.69 Å². The summed E-state index contributed by atoms with van der Waals surface area (Å²) in [6.07, 6.45) is 4.39. The Balaban J connectivity index is 1.57. The molecule has 0 aliphatic carbocycles. The maximum atomic E-state index is 13.0. The lowest BCUT2D eigenvalue weighted by atomic mass is 10.2. The molecule has 1 N–H and O–H groups in total. The zero-order valence-corrected chi connectivity index (χ0v) is 20.4. The molecule has 7 nitrogen and oxygen atoms in total. The molecule has 1 aromatic heterocycles. The molecule has 2 heterocycles. The fraction of sp³-hybridized carbons (Fsp3) is 0.304. The van der Waals surface area contributed by atoms with Crippen molar-refractivity contribution in [1.29, 1.82) is 0 Å². The molecule has 0 saturated carbocycles. The van der Waals surface area contributed by atoms with Crippen molar-refractivity contribution in [3.63, 3.8) is 0 Å². The van der Waals surface area contributed by atoms with Crippen LogP contribution in [0.4, 0.5) is 5.69 Å². The zero-order chi connectivity index (χ0) is 22.9. The van der Waals surface area contributed by atoms with Crippen LogP contribution in [-0.2, 0) is 10.0 Å². The maximum Gasteiger partial charge on any atom is 0.280 e. The smallest absolute Gasteiger partial charge is 0.280 e. The number of rotatable bonds is 5. The molecule has 2 aromatic carbocycles. The van der Waals surface area contributed by atoms with Crippen molar-refractivity contribution in [3.05, 3.63) is 74.1 Å². The molecule has 168 valence electrons. The van der Waals surface area contributed by atoms with E-state index in [1.165, 1.54) is 10.9 Å². The molecule has 3 aromatic rings. The van der Waals surface area contributed by atoms with Gasteiger partial charge < -0.3 is 0 Å². The number of nitrogens with zero attached hydrogens (tertiary/aromatic N) is 3. The second kappa shape index (κ2) is 9.17. The number of aromatic nitrogens is 2. The molecule has 4 rings (SSSR count). The Hall–Kier alpha value is -2.49. The fourth-order valence-corrected chi connectivity index (χ4v) is 5.84. The van der Waals surface area contributed by atoms with Gasteiger partial charge >= 0.3 is 0 Å². The van der Waals surface area contributed by atoms with Gasteiger partial charge in [0.15, 0.2) is 0 Å². The number of benzene rings is 2. The van der Waals surface area contributed by atoms with E-state index in [0.29, 0.717) is 30.0 Å². The van der Waals surface area contributed by atoms with E-state index < -0.39 is 10.0 Å². The van der Waals surface area contributed by atoms with Crippen molar-refractivity contribution in [2.75, 3.05) is 13.1 Å². The first-order valence-corrected chi connectivity index (χ1v) is 12.7. The molecule has 32 heavy (non-hydrogen) atoms. The summed E-state index contributed by atoms with van der Waals surface area (Å²) in [5.74, 6) is 0. The third-order valence-corrected chi connectivity index (χ3v) is 8.06. The molecule has 1 aliphatic rings. The number of piperidine rings is 1. The van der Waals surface area contributed by atoms with Crippen LogP contribution < -0.4 is 5.56 Å². The minimum atomic E-state index is -3.47. The fourth-order valence-electron chi connectivity index (χ4n) is 3.85. The van der Waals surface area contributed by atoms with Crippen molar-refractivity contribution in [1.82, 2.24) is 14.1 Å². The number of H-pyrrole nitrogens is 1. The van der Waals surface area contributed by atoms with Gasteiger partial charge in [-0.2, -0.15) is 4.31 Å². The lowest BCUT2D eigenvalue weighted by Gasteiger charge is -2.25. The number of halogens is 1. The van der Waals surface area contributed by atoms with Gasteiger partial charge in [-0.1, -0.05) is 22.4 Å². The molecule has 1 saturated heterocycles. The summed E-state index contributed by atoms with van der Waals surface area (Å²) in [6, 6.07) is 12.2. The Morgan fingerprint density at radius 2 is 1.72 bits per heavy atom. The van der Waals surface area contributed by atoms with Crippen molar-refractivity contribution in [2.24, 2.45) is 4.99 Å². The second-order valence-electron chi connectivity index (χ2n) is 7.94. The van der Waals surface area contributed by atoms with Gasteiger partial charge in [0, 0.05) is 29.5 Å². The van der Waals surface area contributed by atoms with Crippen LogP contribution in [0.1, 0.15) is 36.1 Å². The second-order valence-corrected chi connectivity index (χ2v) is 10.8. The van der Waals surface area contributed by atoms with E-state index in [9.17, 15) is 13.2 Å². The lowest BCUT2D eigenvalue weighted by Crippen LogP contribution is -2.35. The Labute approximate surface area is 196 Å². The number of sulfonamides is 1. The predicted molar refractivity (Wildman–Crippen MR) is 130 cm³/mol. The lowest BCUT2D eigenvalue weighted by molar-refractivity contribution is 0.346. The molecule has 0 amide bonds. The van der Waals surface area contributed by atoms with Crippen molar-refractivity contribution >= 4 is 37.9 Å². The standard InChI is InChI=1S/C23H25BrN4O3S/c1-16-14-18(24)6-11-22(16)28-23(29)21(17(2)26-28)15-25-19-7-9-20(10-8-19)32(30,31)27-12-4-3-5-13-27/h6-11,14-15,26H,3-5,12-13H2,1-2H3. The van der Waals surface area contributed by atoms with Gasteiger partial charge in [0.2, 0.25) is 10.0 Å². The number of nitrogens with one attached hydrogen (secondary N) is 1. The summed E-state index contributed by atoms with van der Waals surface area (Å²) in [7, 11) is -3.47. The SMILES string of the molecule is Cc1cc(Br)ccc1-n1[nH]c(C)c(C=Nc2ccc(S(=O)(=O)N3CCCCC3)cc2)c1=O. The Bertz CT molecular complexity index is 1320. The van der Waals surface area contributed by atoms with Gasteiger partial charge in [0.05, 0.1) is 21.8 Å². The van der Waals surface area contributed by atoms with E-state index >= 15 is 0 Å². The predicted octanol–water partition coefficient (Wildman–Crippen LogP) is 4.47. The van der Waals surface area contributed by atoms with Crippen LogP contribution >= 0.6 is 15.9 Å². The topological polar surface area (TPSA) is 87.5 Å². The van der Waals surface area contributed by atoms with Gasteiger partial charge in [0.25, 0.3) is 5.56 Å². The highest BCUT2D eigenvalue weighted by molar-refractivity contribution is 9.10. The molecule has 9 heteroatoms. The highest BCUT2D eigenvalue weighted by atomic mass is 79.9. The Kier molecular flexibility index (Phi) is 6.50. The minimum Gasteiger partial charge on any atom is -0.295 e. The third kappa shape index (κ3) is 4.51. The average Bonchev–Trinajstić information content (AvgIpc) is 3.06. The third-order valence-electron chi connectivity index (χ3n) is 5.65. The van der Waals surface area contributed by atoms with Crippen LogP contribution in [0, 0.1) is 13.8 Å². The van der Waals surface area contributed by atoms with Crippen LogP contribution in [0.15, 0.2) is 61.6 Å². The van der Waals surface area contributed by atoms with Gasteiger partial charge in [-0.3, -0.25) is 14.9 Å². The first-order chi connectivity index (χ1) is 15.3. The summed E-state index contributed by atoms with van der Waals surface area (Å²) in [5, 5.41) is 3.10. The summed E-state index contributed by atoms with van der Waals surface area (Å²) in [4.78, 5) is 17.6. The molecule has 0 atom stereocenters. The zero-order valence-electron chi connectivity index (χ0n) is 18.0. The molecule has 0 radical (unpaired) electrons. The number of hydrogen-bond donors (Lipinski definition) is 1. The molecule has 1 fully saturated rings. The first kappa shape index (κ1) is 22.7. The van der Waals surface area contributed by atoms with E-state index in [1.807, 2.05) is 32.0 Å². The molecule has 0 bridgehead atoms. The van der Waals surface area contributed by atoms with Crippen molar-refractivity contribution in [2.45, 2.75) is 38.0 Å². The van der Waals surface area contributed by atoms with E-state index in [-0.39, 0.29) is 10.5 Å². The Morgan fingerprint density at radius 1 is 1.03 bits per heavy atom. The van der Waals surface area contributed by atoms with Crippen LogP contribution in [0.5, 0.6) is 0 Å². The van der Waals surface area contributed by atoms with Crippen molar-refractivity contribution in [3.8, 4) is 5.69 Å². The van der Waals surface area contributed by atoms with Crippen LogP contribution in [0.3, 0.4) is 0 Å². The van der Waals surface area contributed by atoms with Crippen LogP contribution in [0.2, 0.25) is 0 Å². The summed E-state index contributed by atoms with van der Waals surface area (Å²) < 4.78 is 29.6. The molecule has 0 spiro atoms. The average molecular weight is 517 g/mol. The summed E-state index contributed by atoms with van der Waals surface area (Å²) in [6.45, 7) is 4.90. The molecular formula is C23H25BrN4O3S. The van der Waals surface area contributed by atoms with E-state index in [0.717, 1.165) is 35.0 Å². The Morgan fingerprint density at radius 3 is 2.38 bits per heavy atom. The van der Waals surface area contributed by atoms with E-state index in [4.69, 9.17) is 0 Å². The van der Waals surface area contributed by atoms with E-state index in [2.05, 4.69) is 26.0 Å². The highest BCUT2D eigenvalue weighted by Gasteiger charge is 2.25. The van der Waals surface area contributed by atoms with Crippen molar-refractivity contribution < 1.29 is 8.42 Å². The highest BCUT2D eigenvalue weighted by Crippen LogP contribution is 2.23. The molecular weight excluding hydrogens is 492 g/mol. The minimum absolute atomic E-state index is 0.194. The number of aliphatic imine (C=N–C) groups is 1. The quantitative estimate of drug-likeness (QED) is 0.507. The molecule has 0 unspecified atom stereocenters. The summed E-state index contributed by atoms with van der Waals surface area (Å²) in [5.41, 5.74) is 3.27. The van der Waals surface area contributed by atoms with E-state index in [1.54, 1.807) is 28.6 Å². The number of hydrogen-bond acceptors (Lipinski definition) is 4. The molecule has 1 aliphatic heterocycles. The summed E-state index contributed by atoms with van der Waals surface area (Å²) >= 11 is 3.44. The van der Waals surface area contributed by atoms with Gasteiger partial charge in [-0.25, -0.2) is 13.1 Å². The van der Waals surface area contributed by atoms with Gasteiger partial charge in [-0.05, 0) is 74.7 Å². The number of aryl methyl sites for hydroxylation is 2. The normalized spacial score (nSPS) is 15.5. The first-order valence-electron chi connectivity index (χ1n) is 10.5. The van der Waals surface area contributed by atoms with Gasteiger partial charge in [0.1, 0.15) is 0 Å². The largest absolute Gasteiger partial charge is 0.295 e. The van der Waals surface area contributed by atoms with Gasteiger partial charge in [-0.15, -0.1) is 0 Å². The monoisotopic (exact) mass is 516 g/mol. The maximum absolute atomic E-state index is 13.0.